The van der Waals surface area contributed by atoms with Gasteiger partial charge in [0.15, 0.2) is 0 Å². The van der Waals surface area contributed by atoms with Crippen LogP contribution in [0.4, 0.5) is 4.79 Å². The lowest BCUT2D eigenvalue weighted by Gasteiger charge is -2.19. The number of carbonyl (C=O) groups excluding carboxylic acids is 1. The maximum absolute atomic E-state index is 10.9. The van der Waals surface area contributed by atoms with Gasteiger partial charge in [-0.25, -0.2) is 4.79 Å². The van der Waals surface area contributed by atoms with Crippen LogP contribution in [0.2, 0.25) is 0 Å². The van der Waals surface area contributed by atoms with Crippen molar-refractivity contribution in [2.75, 3.05) is 6.54 Å². The van der Waals surface area contributed by atoms with Crippen LogP contribution in [0.3, 0.4) is 0 Å². The Morgan fingerprint density at radius 2 is 2.08 bits per heavy atom. The minimum absolute atomic E-state index is 0.233. The average Bonchev–Trinajstić information content (AvgIpc) is 1.79. The highest BCUT2D eigenvalue weighted by atomic mass is 35.5. The highest BCUT2D eigenvalue weighted by Crippen LogP contribution is 2.06. The van der Waals surface area contributed by atoms with Crippen LogP contribution in [0, 0.1) is 0 Å². The molecule has 0 rings (SSSR count). The molecular formula is C8H14ClNO2. The first-order valence-corrected chi connectivity index (χ1v) is 3.99. The quantitative estimate of drug-likeness (QED) is 0.727. The van der Waals surface area contributed by atoms with E-state index >= 15 is 0 Å². The molecule has 0 unspecified atom stereocenters. The van der Waals surface area contributed by atoms with Crippen molar-refractivity contribution in [1.29, 1.82) is 0 Å². The molecule has 0 saturated carbocycles. The van der Waals surface area contributed by atoms with Gasteiger partial charge in [-0.3, -0.25) is 0 Å². The molecule has 0 heterocycles. The zero-order valence-electron chi connectivity index (χ0n) is 7.61. The number of ether oxygens (including phenoxy) is 1. The molecule has 0 radical (unpaired) electrons. The van der Waals surface area contributed by atoms with Gasteiger partial charge < -0.3 is 10.1 Å². The van der Waals surface area contributed by atoms with Crippen molar-refractivity contribution in [2.24, 2.45) is 0 Å². The van der Waals surface area contributed by atoms with Crippen LogP contribution in [0.5, 0.6) is 0 Å². The van der Waals surface area contributed by atoms with E-state index in [0.717, 1.165) is 0 Å². The third-order valence-corrected chi connectivity index (χ3v) is 0.957. The monoisotopic (exact) mass is 191 g/mol. The van der Waals surface area contributed by atoms with E-state index in [0.29, 0.717) is 5.03 Å². The molecule has 12 heavy (non-hydrogen) atoms. The van der Waals surface area contributed by atoms with Crippen molar-refractivity contribution in [1.82, 2.24) is 5.32 Å². The van der Waals surface area contributed by atoms with Crippen molar-refractivity contribution in [3.8, 4) is 0 Å². The summed E-state index contributed by atoms with van der Waals surface area (Å²) in [7, 11) is 0. The molecular weight excluding hydrogens is 178 g/mol. The molecule has 70 valence electrons. The van der Waals surface area contributed by atoms with Crippen molar-refractivity contribution >= 4 is 17.7 Å². The van der Waals surface area contributed by atoms with Crippen LogP contribution in [0.1, 0.15) is 20.8 Å². The van der Waals surface area contributed by atoms with Gasteiger partial charge >= 0.3 is 6.09 Å². The Morgan fingerprint density at radius 3 is 2.42 bits per heavy atom. The molecule has 1 N–H and O–H groups in total. The lowest BCUT2D eigenvalue weighted by Crippen LogP contribution is -2.33. The number of hydrogen-bond acceptors (Lipinski definition) is 2. The highest BCUT2D eigenvalue weighted by molar-refractivity contribution is 6.29. The molecule has 0 atom stereocenters. The number of halogens is 1. The van der Waals surface area contributed by atoms with Crippen molar-refractivity contribution in [3.05, 3.63) is 11.6 Å². The van der Waals surface area contributed by atoms with E-state index in [2.05, 4.69) is 11.9 Å². The molecule has 0 aliphatic heterocycles. The van der Waals surface area contributed by atoms with Gasteiger partial charge in [-0.2, -0.15) is 0 Å². The Morgan fingerprint density at radius 1 is 1.58 bits per heavy atom. The molecule has 0 bridgehead atoms. The van der Waals surface area contributed by atoms with Crippen LogP contribution in [-0.2, 0) is 4.74 Å². The predicted octanol–water partition coefficient (Wildman–Crippen LogP) is 2.26. The van der Waals surface area contributed by atoms with Crippen molar-refractivity contribution in [3.63, 3.8) is 0 Å². The lowest BCUT2D eigenvalue weighted by molar-refractivity contribution is 0.0533. The van der Waals surface area contributed by atoms with Crippen molar-refractivity contribution in [2.45, 2.75) is 26.4 Å². The third kappa shape index (κ3) is 7.41. The number of amides is 1. The minimum atomic E-state index is -0.482. The molecule has 4 heteroatoms. The van der Waals surface area contributed by atoms with E-state index in [9.17, 15) is 4.79 Å². The van der Waals surface area contributed by atoms with Crippen LogP contribution < -0.4 is 5.32 Å². The fraction of sp³-hybridized carbons (Fsp3) is 0.625. The van der Waals surface area contributed by atoms with E-state index < -0.39 is 11.7 Å². The molecule has 0 aromatic carbocycles. The first kappa shape index (κ1) is 11.3. The van der Waals surface area contributed by atoms with E-state index in [1.54, 1.807) is 20.8 Å². The fourth-order valence-corrected chi connectivity index (χ4v) is 0.549. The maximum Gasteiger partial charge on any atom is 0.407 e. The number of carbonyl (C=O) groups is 1. The Kier molecular flexibility index (Phi) is 4.10. The summed E-state index contributed by atoms with van der Waals surface area (Å²) < 4.78 is 4.94. The second-order valence-electron chi connectivity index (χ2n) is 3.37. The Bertz CT molecular complexity index is 184. The minimum Gasteiger partial charge on any atom is -0.444 e. The first-order chi connectivity index (χ1) is 5.31. The Balaban J connectivity index is 3.68. The van der Waals surface area contributed by atoms with Crippen LogP contribution in [-0.4, -0.2) is 18.2 Å². The number of rotatable bonds is 2. The summed E-state index contributed by atoms with van der Waals surface area (Å²) in [5.74, 6) is 0. The zero-order chi connectivity index (χ0) is 9.78. The molecule has 0 saturated heterocycles. The van der Waals surface area contributed by atoms with Gasteiger partial charge in [-0.15, -0.1) is 0 Å². The summed E-state index contributed by atoms with van der Waals surface area (Å²) in [6.07, 6.45) is -0.482. The molecule has 0 aromatic rings. The van der Waals surface area contributed by atoms with E-state index in [1.165, 1.54) is 0 Å². The highest BCUT2D eigenvalue weighted by Gasteiger charge is 2.15. The van der Waals surface area contributed by atoms with Gasteiger partial charge in [0.2, 0.25) is 0 Å². The zero-order valence-corrected chi connectivity index (χ0v) is 8.36. The smallest absolute Gasteiger partial charge is 0.407 e. The summed E-state index contributed by atoms with van der Waals surface area (Å²) in [5.41, 5.74) is -0.474. The molecule has 0 aliphatic carbocycles. The number of nitrogens with one attached hydrogen (secondary N) is 1. The topological polar surface area (TPSA) is 38.3 Å². The predicted molar refractivity (Wildman–Crippen MR) is 49.2 cm³/mol. The van der Waals surface area contributed by atoms with E-state index in [-0.39, 0.29) is 6.54 Å². The van der Waals surface area contributed by atoms with Gasteiger partial charge in [0, 0.05) is 5.03 Å². The Labute approximate surface area is 77.7 Å². The molecule has 3 nitrogen and oxygen atoms in total. The summed E-state index contributed by atoms with van der Waals surface area (Å²) in [5, 5.41) is 2.82. The van der Waals surface area contributed by atoms with Crippen LogP contribution in [0.25, 0.3) is 0 Å². The second-order valence-corrected chi connectivity index (χ2v) is 3.91. The molecule has 0 aliphatic rings. The average molecular weight is 192 g/mol. The third-order valence-electron chi connectivity index (χ3n) is 0.823. The van der Waals surface area contributed by atoms with Crippen LogP contribution in [0.15, 0.2) is 11.6 Å². The largest absolute Gasteiger partial charge is 0.444 e. The summed E-state index contributed by atoms with van der Waals surface area (Å²) in [6, 6.07) is 0. The van der Waals surface area contributed by atoms with Crippen LogP contribution >= 0.6 is 11.6 Å². The first-order valence-electron chi connectivity index (χ1n) is 3.61. The van der Waals surface area contributed by atoms with E-state index in [4.69, 9.17) is 16.3 Å². The fourth-order valence-electron chi connectivity index (χ4n) is 0.482. The van der Waals surface area contributed by atoms with Crippen molar-refractivity contribution < 1.29 is 9.53 Å². The molecule has 0 spiro atoms. The summed E-state index contributed by atoms with van der Waals surface area (Å²) >= 11 is 5.43. The summed E-state index contributed by atoms with van der Waals surface area (Å²) in [4.78, 5) is 10.9. The molecule has 1 amide bonds. The lowest BCUT2D eigenvalue weighted by atomic mass is 10.2. The molecule has 0 aromatic heterocycles. The SMILES string of the molecule is C=C(Cl)CNC(=O)OC(C)(C)C. The standard InChI is InChI=1S/C8H14ClNO2/c1-6(9)5-10-7(11)12-8(2,3)4/h1,5H2,2-4H3,(H,10,11). The normalized spacial score (nSPS) is 10.7. The van der Waals surface area contributed by atoms with Gasteiger partial charge in [-0.1, -0.05) is 18.2 Å². The molecule has 0 fully saturated rings. The van der Waals surface area contributed by atoms with Gasteiger partial charge in [0.05, 0.1) is 6.54 Å². The van der Waals surface area contributed by atoms with Gasteiger partial charge in [0.1, 0.15) is 5.60 Å². The summed E-state index contributed by atoms with van der Waals surface area (Å²) in [6.45, 7) is 9.03. The number of hydrogen-bond donors (Lipinski definition) is 1. The maximum atomic E-state index is 10.9. The van der Waals surface area contributed by atoms with Gasteiger partial charge in [0.25, 0.3) is 0 Å². The van der Waals surface area contributed by atoms with Gasteiger partial charge in [-0.05, 0) is 20.8 Å². The van der Waals surface area contributed by atoms with E-state index in [1.807, 2.05) is 0 Å². The number of alkyl carbamates (subject to hydrolysis) is 1. The Hall–Kier alpha value is -0.700. The second kappa shape index (κ2) is 4.36.